The first-order chi connectivity index (χ1) is 11.2. The SMILES string of the molecule is CCCc1ccc(N2C(=O)[C@@H]3[C@@H]4CC[C@@H]([C@@H]5C[C@@H]54)[C@@H]3C2=O)cc1. The van der Waals surface area contributed by atoms with Gasteiger partial charge in [-0.3, -0.25) is 14.5 Å². The number of anilines is 1. The van der Waals surface area contributed by atoms with Crippen molar-refractivity contribution in [1.29, 1.82) is 0 Å². The van der Waals surface area contributed by atoms with E-state index >= 15 is 0 Å². The van der Waals surface area contributed by atoms with Crippen LogP contribution in [0.15, 0.2) is 24.3 Å². The largest absolute Gasteiger partial charge is 0.274 e. The molecule has 1 aliphatic heterocycles. The number of benzene rings is 1. The second-order valence-corrected chi connectivity index (χ2v) is 7.95. The Labute approximate surface area is 137 Å². The highest BCUT2D eigenvalue weighted by molar-refractivity contribution is 6.22. The molecule has 3 heteroatoms. The Balaban J connectivity index is 1.48. The first-order valence-electron chi connectivity index (χ1n) is 9.17. The molecule has 3 nitrogen and oxygen atoms in total. The topological polar surface area (TPSA) is 37.4 Å². The Hall–Kier alpha value is -1.64. The molecule has 6 atom stereocenters. The van der Waals surface area contributed by atoms with Gasteiger partial charge in [0, 0.05) is 0 Å². The zero-order chi connectivity index (χ0) is 15.7. The van der Waals surface area contributed by atoms with Gasteiger partial charge < -0.3 is 0 Å². The Morgan fingerprint density at radius 2 is 1.48 bits per heavy atom. The number of imide groups is 1. The fourth-order valence-corrected chi connectivity index (χ4v) is 5.89. The molecule has 1 heterocycles. The molecular formula is C20H23NO2. The average molecular weight is 309 g/mol. The number of fused-ring (bicyclic) bond motifs is 1. The zero-order valence-corrected chi connectivity index (χ0v) is 13.6. The Morgan fingerprint density at radius 1 is 0.913 bits per heavy atom. The quantitative estimate of drug-likeness (QED) is 0.802. The van der Waals surface area contributed by atoms with Crippen LogP contribution in [0.2, 0.25) is 0 Å². The summed E-state index contributed by atoms with van der Waals surface area (Å²) in [5.41, 5.74) is 2.05. The highest BCUT2D eigenvalue weighted by Gasteiger charge is 2.68. The van der Waals surface area contributed by atoms with Gasteiger partial charge in [-0.05, 0) is 67.1 Å². The standard InChI is InChI=1S/C20H23NO2/c1-2-3-11-4-6-12(7-5-11)21-19(22)17-13-8-9-14(16-10-15(13)16)18(17)20(21)23/h4-7,13-18H,2-3,8-10H2,1H3/t13-,14+,15-,16+,17-,18+. The lowest BCUT2D eigenvalue weighted by Gasteiger charge is -2.42. The normalized spacial score (nSPS) is 40.3. The summed E-state index contributed by atoms with van der Waals surface area (Å²) in [5.74, 6) is 2.61. The third-order valence-corrected chi connectivity index (χ3v) is 6.88. The molecule has 1 saturated heterocycles. The zero-order valence-electron chi connectivity index (χ0n) is 13.6. The first-order valence-corrected chi connectivity index (χ1v) is 9.17. The van der Waals surface area contributed by atoms with Gasteiger partial charge in [0.05, 0.1) is 17.5 Å². The van der Waals surface area contributed by atoms with Gasteiger partial charge >= 0.3 is 0 Å². The van der Waals surface area contributed by atoms with Gasteiger partial charge in [-0.15, -0.1) is 0 Å². The second kappa shape index (κ2) is 4.68. The van der Waals surface area contributed by atoms with Crippen molar-refractivity contribution in [1.82, 2.24) is 0 Å². The van der Waals surface area contributed by atoms with Crippen molar-refractivity contribution in [3.8, 4) is 0 Å². The fourth-order valence-electron chi connectivity index (χ4n) is 5.89. The van der Waals surface area contributed by atoms with Crippen LogP contribution in [0.1, 0.15) is 38.2 Å². The highest BCUT2D eigenvalue weighted by atomic mass is 16.2. The molecule has 1 aromatic carbocycles. The maximum Gasteiger partial charge on any atom is 0.237 e. The third-order valence-electron chi connectivity index (χ3n) is 6.88. The number of aryl methyl sites for hydroxylation is 1. The molecule has 4 saturated carbocycles. The molecule has 0 spiro atoms. The Morgan fingerprint density at radius 3 is 2.00 bits per heavy atom. The predicted molar refractivity (Wildman–Crippen MR) is 87.7 cm³/mol. The Bertz CT molecular complexity index is 645. The summed E-state index contributed by atoms with van der Waals surface area (Å²) in [6.45, 7) is 2.16. The molecule has 0 radical (unpaired) electrons. The summed E-state index contributed by atoms with van der Waals surface area (Å²) in [6.07, 6.45) is 5.75. The van der Waals surface area contributed by atoms with Crippen LogP contribution >= 0.6 is 0 Å². The number of nitrogens with zero attached hydrogens (tertiary/aromatic N) is 1. The summed E-state index contributed by atoms with van der Waals surface area (Å²) >= 11 is 0. The minimum absolute atomic E-state index is 0.0136. The van der Waals surface area contributed by atoms with Crippen molar-refractivity contribution in [2.45, 2.75) is 39.0 Å². The van der Waals surface area contributed by atoms with Crippen molar-refractivity contribution in [3.63, 3.8) is 0 Å². The van der Waals surface area contributed by atoms with Crippen LogP contribution in [-0.4, -0.2) is 11.8 Å². The number of rotatable bonds is 3. The van der Waals surface area contributed by atoms with Gasteiger partial charge in [0.15, 0.2) is 0 Å². The van der Waals surface area contributed by atoms with Gasteiger partial charge in [-0.1, -0.05) is 25.5 Å². The number of amides is 2. The van der Waals surface area contributed by atoms with Gasteiger partial charge in [0.2, 0.25) is 11.8 Å². The summed E-state index contributed by atoms with van der Waals surface area (Å²) in [5, 5.41) is 0. The van der Waals surface area contributed by atoms with E-state index in [0.717, 1.165) is 43.2 Å². The Kier molecular flexibility index (Phi) is 2.80. The molecule has 2 bridgehead atoms. The van der Waals surface area contributed by atoms with Crippen molar-refractivity contribution >= 4 is 17.5 Å². The molecule has 4 aliphatic carbocycles. The van der Waals surface area contributed by atoms with Crippen molar-refractivity contribution in [3.05, 3.63) is 29.8 Å². The van der Waals surface area contributed by atoms with Gasteiger partial charge in [0.25, 0.3) is 0 Å². The summed E-state index contributed by atoms with van der Waals surface area (Å²) < 4.78 is 0. The number of hydrogen-bond donors (Lipinski definition) is 0. The smallest absolute Gasteiger partial charge is 0.237 e. The van der Waals surface area contributed by atoms with Crippen LogP contribution in [0.3, 0.4) is 0 Å². The molecule has 120 valence electrons. The fraction of sp³-hybridized carbons (Fsp3) is 0.600. The number of carbonyl (C=O) groups is 2. The van der Waals surface area contributed by atoms with Crippen molar-refractivity contribution in [2.75, 3.05) is 4.90 Å². The third kappa shape index (κ3) is 1.76. The van der Waals surface area contributed by atoms with Crippen LogP contribution in [0, 0.1) is 35.5 Å². The molecule has 0 unspecified atom stereocenters. The maximum absolute atomic E-state index is 13.0. The molecule has 5 aliphatic rings. The summed E-state index contributed by atoms with van der Waals surface area (Å²) in [7, 11) is 0. The maximum atomic E-state index is 13.0. The molecule has 6 rings (SSSR count). The number of hydrogen-bond acceptors (Lipinski definition) is 2. The second-order valence-electron chi connectivity index (χ2n) is 7.95. The van der Waals surface area contributed by atoms with E-state index in [1.807, 2.05) is 12.1 Å². The first kappa shape index (κ1) is 13.8. The van der Waals surface area contributed by atoms with Gasteiger partial charge in [-0.2, -0.15) is 0 Å². The monoisotopic (exact) mass is 309 g/mol. The summed E-state index contributed by atoms with van der Waals surface area (Å²) in [6, 6.07) is 8.04. The van der Waals surface area contributed by atoms with E-state index in [2.05, 4.69) is 19.1 Å². The van der Waals surface area contributed by atoms with Crippen LogP contribution in [0.25, 0.3) is 0 Å². The molecule has 2 amide bonds. The molecule has 0 N–H and O–H groups in total. The van der Waals surface area contributed by atoms with E-state index in [-0.39, 0.29) is 23.7 Å². The van der Waals surface area contributed by atoms with E-state index in [0.29, 0.717) is 11.8 Å². The molecule has 23 heavy (non-hydrogen) atoms. The van der Waals surface area contributed by atoms with E-state index in [1.54, 1.807) is 0 Å². The minimum atomic E-state index is -0.0136. The molecule has 0 aromatic heterocycles. The van der Waals surface area contributed by atoms with Crippen LogP contribution in [0.4, 0.5) is 5.69 Å². The van der Waals surface area contributed by atoms with E-state index in [9.17, 15) is 9.59 Å². The average Bonchev–Trinajstić information content (AvgIpc) is 3.34. The predicted octanol–water partition coefficient (Wildman–Crippen LogP) is 3.42. The lowest BCUT2D eigenvalue weighted by atomic mass is 9.59. The lowest BCUT2D eigenvalue weighted by molar-refractivity contribution is -0.129. The number of carbonyl (C=O) groups excluding carboxylic acids is 2. The van der Waals surface area contributed by atoms with Gasteiger partial charge in [0.1, 0.15) is 0 Å². The lowest BCUT2D eigenvalue weighted by Crippen LogP contribution is -2.43. The van der Waals surface area contributed by atoms with E-state index in [4.69, 9.17) is 0 Å². The van der Waals surface area contributed by atoms with E-state index < -0.39 is 0 Å². The van der Waals surface area contributed by atoms with Crippen LogP contribution in [0.5, 0.6) is 0 Å². The van der Waals surface area contributed by atoms with Crippen LogP contribution in [-0.2, 0) is 16.0 Å². The molecule has 5 fully saturated rings. The van der Waals surface area contributed by atoms with E-state index in [1.165, 1.54) is 16.9 Å². The summed E-state index contributed by atoms with van der Waals surface area (Å²) in [4.78, 5) is 27.6. The van der Waals surface area contributed by atoms with Crippen molar-refractivity contribution < 1.29 is 9.59 Å². The molecular weight excluding hydrogens is 286 g/mol. The minimum Gasteiger partial charge on any atom is -0.274 e. The van der Waals surface area contributed by atoms with Crippen LogP contribution < -0.4 is 4.90 Å². The highest BCUT2D eigenvalue weighted by Crippen LogP contribution is 2.68. The molecule has 1 aromatic rings. The van der Waals surface area contributed by atoms with Crippen molar-refractivity contribution in [2.24, 2.45) is 35.5 Å². The van der Waals surface area contributed by atoms with Gasteiger partial charge in [-0.25, -0.2) is 0 Å².